The Kier molecular flexibility index (Phi) is 2.11. The molecular formula is C11H14N2O2S. The number of likely N-dealkylation sites (N-methyl/N-ethyl adjacent to an activating group) is 1. The third-order valence-corrected chi connectivity index (χ3v) is 5.45. The number of benzene rings is 1. The van der Waals surface area contributed by atoms with E-state index in [-0.39, 0.29) is 6.04 Å². The molecule has 4 nitrogen and oxygen atoms in total. The zero-order valence-corrected chi connectivity index (χ0v) is 9.94. The molecule has 5 heteroatoms. The zero-order chi connectivity index (χ0) is 11.3. The minimum atomic E-state index is -3.23. The van der Waals surface area contributed by atoms with Crippen LogP contribution in [0.25, 0.3) is 0 Å². The molecule has 1 aromatic carbocycles. The third-order valence-electron chi connectivity index (χ3n) is 3.51. The average molecular weight is 238 g/mol. The largest absolute Gasteiger partial charge is 0.297 e. The molecule has 2 unspecified atom stereocenters. The summed E-state index contributed by atoms with van der Waals surface area (Å²) in [5.74, 6) is 0. The van der Waals surface area contributed by atoms with E-state index in [2.05, 4.69) is 11.9 Å². The maximum absolute atomic E-state index is 12.2. The first kappa shape index (κ1) is 10.3. The fourth-order valence-corrected chi connectivity index (χ4v) is 4.22. The average Bonchev–Trinajstić information content (AvgIpc) is 2.28. The van der Waals surface area contributed by atoms with E-state index >= 15 is 0 Å². The summed E-state index contributed by atoms with van der Waals surface area (Å²) in [5, 5.41) is 0. The summed E-state index contributed by atoms with van der Waals surface area (Å²) in [6.45, 7) is 2.00. The van der Waals surface area contributed by atoms with Crippen LogP contribution in [-0.4, -0.2) is 44.3 Å². The van der Waals surface area contributed by atoms with E-state index in [4.69, 9.17) is 0 Å². The summed E-state index contributed by atoms with van der Waals surface area (Å²) in [6.07, 6.45) is 0. The Morgan fingerprint density at radius 1 is 1.25 bits per heavy atom. The van der Waals surface area contributed by atoms with Crippen LogP contribution in [0.2, 0.25) is 0 Å². The van der Waals surface area contributed by atoms with Crippen molar-refractivity contribution in [3.05, 3.63) is 29.8 Å². The Morgan fingerprint density at radius 3 is 2.81 bits per heavy atom. The molecule has 0 amide bonds. The number of sulfonamides is 1. The van der Waals surface area contributed by atoms with Crippen LogP contribution in [0.15, 0.2) is 29.2 Å². The van der Waals surface area contributed by atoms with Crippen LogP contribution in [0.3, 0.4) is 0 Å². The first-order chi connectivity index (χ1) is 7.60. The van der Waals surface area contributed by atoms with Crippen molar-refractivity contribution >= 4 is 10.0 Å². The molecule has 2 atom stereocenters. The van der Waals surface area contributed by atoms with Crippen molar-refractivity contribution in [1.29, 1.82) is 0 Å². The Morgan fingerprint density at radius 2 is 2.00 bits per heavy atom. The van der Waals surface area contributed by atoms with Gasteiger partial charge in [-0.2, -0.15) is 4.31 Å². The van der Waals surface area contributed by atoms with E-state index in [1.54, 1.807) is 16.4 Å². The van der Waals surface area contributed by atoms with Gasteiger partial charge in [0.25, 0.3) is 0 Å². The van der Waals surface area contributed by atoms with Crippen molar-refractivity contribution < 1.29 is 8.42 Å². The predicted molar refractivity (Wildman–Crippen MR) is 60.6 cm³/mol. The second-order valence-electron chi connectivity index (χ2n) is 4.40. The molecule has 1 fully saturated rings. The van der Waals surface area contributed by atoms with Gasteiger partial charge >= 0.3 is 0 Å². The van der Waals surface area contributed by atoms with Crippen molar-refractivity contribution in [2.45, 2.75) is 10.9 Å². The van der Waals surface area contributed by atoms with Gasteiger partial charge in [0.05, 0.1) is 4.90 Å². The molecule has 3 rings (SSSR count). The lowest BCUT2D eigenvalue weighted by Crippen LogP contribution is -2.52. The maximum atomic E-state index is 12.2. The highest BCUT2D eigenvalue weighted by atomic mass is 32.2. The SMILES string of the molecule is CN1CCN2CC1c1ccccc1S2(=O)=O. The molecule has 2 aliphatic rings. The molecule has 0 N–H and O–H groups in total. The van der Waals surface area contributed by atoms with Crippen molar-refractivity contribution in [2.75, 3.05) is 26.7 Å². The normalized spacial score (nSPS) is 32.1. The predicted octanol–water partition coefficient (Wildman–Crippen LogP) is 0.677. The molecule has 0 saturated carbocycles. The molecule has 2 heterocycles. The highest BCUT2D eigenvalue weighted by Gasteiger charge is 2.40. The van der Waals surface area contributed by atoms with Gasteiger partial charge in [0.2, 0.25) is 10.0 Å². The van der Waals surface area contributed by atoms with E-state index in [9.17, 15) is 8.42 Å². The Bertz CT molecular complexity index is 527. The van der Waals surface area contributed by atoms with E-state index in [1.807, 2.05) is 12.1 Å². The summed E-state index contributed by atoms with van der Waals surface area (Å²) in [6, 6.07) is 7.55. The quantitative estimate of drug-likeness (QED) is 0.667. The number of fused-ring (bicyclic) bond motifs is 4. The molecule has 86 valence electrons. The van der Waals surface area contributed by atoms with Gasteiger partial charge in [0.15, 0.2) is 0 Å². The fraction of sp³-hybridized carbons (Fsp3) is 0.455. The molecule has 1 saturated heterocycles. The Balaban J connectivity index is 2.25. The molecular weight excluding hydrogens is 224 g/mol. The van der Waals surface area contributed by atoms with Gasteiger partial charge in [-0.25, -0.2) is 8.42 Å². The number of hydrogen-bond acceptors (Lipinski definition) is 3. The number of rotatable bonds is 0. The molecule has 0 radical (unpaired) electrons. The highest BCUT2D eigenvalue weighted by Crippen LogP contribution is 2.36. The zero-order valence-electron chi connectivity index (χ0n) is 9.13. The van der Waals surface area contributed by atoms with Crippen LogP contribution in [-0.2, 0) is 10.0 Å². The van der Waals surface area contributed by atoms with Crippen LogP contribution in [0.1, 0.15) is 11.6 Å². The van der Waals surface area contributed by atoms with Crippen molar-refractivity contribution in [3.8, 4) is 0 Å². The Labute approximate surface area is 95.5 Å². The van der Waals surface area contributed by atoms with Crippen molar-refractivity contribution in [1.82, 2.24) is 9.21 Å². The minimum absolute atomic E-state index is 0.216. The van der Waals surface area contributed by atoms with Crippen LogP contribution < -0.4 is 0 Å². The third kappa shape index (κ3) is 1.25. The van der Waals surface area contributed by atoms with E-state index in [1.165, 1.54) is 0 Å². The fourth-order valence-electron chi connectivity index (χ4n) is 2.53. The standard InChI is InChI=1S/C11H14N2O2S/c1-12-6-7-13-8-10(12)9-4-2-3-5-11(9)16(13,14)15/h2-5,10H,6-8H2,1H3. The van der Waals surface area contributed by atoms with Crippen LogP contribution in [0, 0.1) is 0 Å². The van der Waals surface area contributed by atoms with Gasteiger partial charge in [-0.1, -0.05) is 18.2 Å². The molecule has 0 spiro atoms. The summed E-state index contributed by atoms with van der Waals surface area (Å²) in [5.41, 5.74) is 0.945. The molecule has 0 aromatic heterocycles. The van der Waals surface area contributed by atoms with Crippen molar-refractivity contribution in [2.24, 2.45) is 0 Å². The van der Waals surface area contributed by atoms with Gasteiger partial charge in [-0.3, -0.25) is 4.90 Å². The van der Waals surface area contributed by atoms with Crippen LogP contribution in [0.4, 0.5) is 0 Å². The van der Waals surface area contributed by atoms with E-state index in [0.29, 0.717) is 18.0 Å². The second-order valence-corrected chi connectivity index (χ2v) is 6.30. The summed E-state index contributed by atoms with van der Waals surface area (Å²) < 4.78 is 26.1. The first-order valence-electron chi connectivity index (χ1n) is 5.40. The molecule has 16 heavy (non-hydrogen) atoms. The van der Waals surface area contributed by atoms with Crippen LogP contribution >= 0.6 is 0 Å². The summed E-state index contributed by atoms with van der Waals surface area (Å²) in [7, 11) is -1.18. The van der Waals surface area contributed by atoms with Crippen LogP contribution in [0.5, 0.6) is 0 Å². The van der Waals surface area contributed by atoms with Gasteiger partial charge < -0.3 is 0 Å². The molecule has 2 bridgehead atoms. The Hall–Kier alpha value is -0.910. The molecule has 2 aliphatic heterocycles. The number of piperazine rings is 1. The van der Waals surface area contributed by atoms with Gasteiger partial charge in [0, 0.05) is 25.7 Å². The van der Waals surface area contributed by atoms with E-state index in [0.717, 1.165) is 12.1 Å². The van der Waals surface area contributed by atoms with Gasteiger partial charge in [0.1, 0.15) is 0 Å². The molecule has 1 aromatic rings. The molecule has 0 aliphatic carbocycles. The smallest absolute Gasteiger partial charge is 0.243 e. The van der Waals surface area contributed by atoms with Gasteiger partial charge in [-0.05, 0) is 18.7 Å². The summed E-state index contributed by atoms with van der Waals surface area (Å²) in [4.78, 5) is 2.71. The monoisotopic (exact) mass is 238 g/mol. The first-order valence-corrected chi connectivity index (χ1v) is 6.84. The lowest BCUT2D eigenvalue weighted by molar-refractivity contribution is 0.138. The second kappa shape index (κ2) is 3.29. The lowest BCUT2D eigenvalue weighted by Gasteiger charge is -2.43. The van der Waals surface area contributed by atoms with Crippen molar-refractivity contribution in [3.63, 3.8) is 0 Å². The summed E-state index contributed by atoms with van der Waals surface area (Å²) >= 11 is 0. The number of nitrogens with zero attached hydrogens (tertiary/aromatic N) is 2. The van der Waals surface area contributed by atoms with Gasteiger partial charge in [-0.15, -0.1) is 0 Å². The maximum Gasteiger partial charge on any atom is 0.243 e. The minimum Gasteiger partial charge on any atom is -0.297 e. The topological polar surface area (TPSA) is 40.6 Å². The highest BCUT2D eigenvalue weighted by molar-refractivity contribution is 7.89. The van der Waals surface area contributed by atoms with E-state index < -0.39 is 10.0 Å². The number of hydrogen-bond donors (Lipinski definition) is 0. The lowest BCUT2D eigenvalue weighted by atomic mass is 10.0.